The van der Waals surface area contributed by atoms with Crippen LogP contribution in [0.15, 0.2) is 35.5 Å². The highest BCUT2D eigenvalue weighted by Crippen LogP contribution is 2.29. The Morgan fingerprint density at radius 2 is 1.90 bits per heavy atom. The molecule has 2 heterocycles. The standard InChI is InChI=1S/C18H26N4O5SSi/c1-21-12-19-15-11-22(28(24,25)14-8-6-13(26-2)7-9-14)17(10-16(15)21)18(23)20-27-29(3,4)5/h6-9,12,17H,10-11H2,1-5H3,(H,20,23)/t17-/m1/s1. The van der Waals surface area contributed by atoms with Gasteiger partial charge in [0.2, 0.25) is 18.3 Å². The molecule has 1 aromatic carbocycles. The van der Waals surface area contributed by atoms with Crippen LogP contribution in [0.1, 0.15) is 11.4 Å². The summed E-state index contributed by atoms with van der Waals surface area (Å²) in [6.45, 7) is 5.80. The molecule has 1 aliphatic heterocycles. The summed E-state index contributed by atoms with van der Waals surface area (Å²) in [5.41, 5.74) is 3.94. The van der Waals surface area contributed by atoms with Gasteiger partial charge in [-0.15, -0.1) is 0 Å². The number of nitrogens with zero attached hydrogens (tertiary/aromatic N) is 3. The van der Waals surface area contributed by atoms with Crippen molar-refractivity contribution < 1.29 is 22.5 Å². The van der Waals surface area contributed by atoms with Gasteiger partial charge in [-0.2, -0.15) is 4.31 Å². The van der Waals surface area contributed by atoms with Gasteiger partial charge >= 0.3 is 0 Å². The molecule has 0 fully saturated rings. The van der Waals surface area contributed by atoms with Gasteiger partial charge in [0, 0.05) is 19.2 Å². The SMILES string of the molecule is COc1ccc(S(=O)(=O)N2Cc3ncn(C)c3C[C@@H]2C(=O)NO[Si](C)(C)C)cc1. The molecule has 0 spiro atoms. The first kappa shape index (κ1) is 21.5. The Labute approximate surface area is 171 Å². The highest BCUT2D eigenvalue weighted by molar-refractivity contribution is 7.89. The number of rotatable bonds is 6. The lowest BCUT2D eigenvalue weighted by molar-refractivity contribution is -0.132. The van der Waals surface area contributed by atoms with Gasteiger partial charge in [0.15, 0.2) is 0 Å². The van der Waals surface area contributed by atoms with E-state index in [9.17, 15) is 13.2 Å². The molecule has 0 saturated heterocycles. The number of imidazole rings is 1. The average Bonchev–Trinajstić information content (AvgIpc) is 3.04. The molecule has 11 heteroatoms. The molecule has 2 aromatic rings. The van der Waals surface area contributed by atoms with Crippen molar-refractivity contribution in [3.63, 3.8) is 0 Å². The lowest BCUT2D eigenvalue weighted by Crippen LogP contribution is -2.54. The number of carbonyl (C=O) groups excluding carboxylic acids is 1. The van der Waals surface area contributed by atoms with E-state index >= 15 is 0 Å². The summed E-state index contributed by atoms with van der Waals surface area (Å²) < 4.78 is 40.3. The molecule has 1 N–H and O–H groups in total. The largest absolute Gasteiger partial charge is 0.497 e. The van der Waals surface area contributed by atoms with Crippen LogP contribution < -0.4 is 10.2 Å². The molecule has 158 valence electrons. The van der Waals surface area contributed by atoms with Crippen LogP contribution in [0.2, 0.25) is 19.6 Å². The van der Waals surface area contributed by atoms with Crippen molar-refractivity contribution >= 4 is 24.2 Å². The van der Waals surface area contributed by atoms with Gasteiger partial charge in [-0.3, -0.25) is 4.79 Å². The van der Waals surface area contributed by atoms with Crippen LogP contribution in [0.5, 0.6) is 5.75 Å². The van der Waals surface area contributed by atoms with Crippen molar-refractivity contribution in [2.24, 2.45) is 7.05 Å². The summed E-state index contributed by atoms with van der Waals surface area (Å²) in [5.74, 6) is 0.0591. The minimum Gasteiger partial charge on any atom is -0.497 e. The average molecular weight is 439 g/mol. The zero-order chi connectivity index (χ0) is 21.4. The third kappa shape index (κ3) is 4.52. The number of hydrogen-bond donors (Lipinski definition) is 1. The minimum atomic E-state index is -3.94. The van der Waals surface area contributed by atoms with Gasteiger partial charge in [0.05, 0.1) is 30.6 Å². The molecule has 0 bridgehead atoms. The highest BCUT2D eigenvalue weighted by atomic mass is 32.2. The molecule has 1 aromatic heterocycles. The first-order chi connectivity index (χ1) is 13.5. The van der Waals surface area contributed by atoms with Crippen LogP contribution >= 0.6 is 0 Å². The number of aryl methyl sites for hydroxylation is 1. The first-order valence-corrected chi connectivity index (χ1v) is 14.0. The second kappa shape index (κ2) is 7.90. The molecule has 0 unspecified atom stereocenters. The number of hydrogen-bond acceptors (Lipinski definition) is 6. The van der Waals surface area contributed by atoms with Crippen molar-refractivity contribution in [3.05, 3.63) is 42.0 Å². The van der Waals surface area contributed by atoms with Crippen LogP contribution in [-0.2, 0) is 39.4 Å². The molecule has 0 aliphatic carbocycles. The van der Waals surface area contributed by atoms with Gasteiger partial charge in [-0.25, -0.2) is 18.9 Å². The fourth-order valence-corrected chi connectivity index (χ4v) is 5.03. The number of fused-ring (bicyclic) bond motifs is 1. The number of ether oxygens (including phenoxy) is 1. The van der Waals surface area contributed by atoms with Crippen LogP contribution in [0, 0.1) is 0 Å². The predicted octanol–water partition coefficient (Wildman–Crippen LogP) is 1.43. The van der Waals surface area contributed by atoms with Gasteiger partial charge in [-0.05, 0) is 43.9 Å². The number of benzene rings is 1. The third-order valence-corrected chi connectivity index (χ3v) is 7.20. The second-order valence-electron chi connectivity index (χ2n) is 7.88. The number of aromatic nitrogens is 2. The lowest BCUT2D eigenvalue weighted by atomic mass is 10.0. The maximum atomic E-state index is 13.4. The molecule has 1 aliphatic rings. The number of amides is 1. The van der Waals surface area contributed by atoms with E-state index in [0.29, 0.717) is 11.4 Å². The van der Waals surface area contributed by atoms with Crippen molar-refractivity contribution in [2.45, 2.75) is 43.5 Å². The summed E-state index contributed by atoms with van der Waals surface area (Å²) in [6.07, 6.45) is 1.84. The van der Waals surface area contributed by atoms with E-state index in [1.165, 1.54) is 23.5 Å². The monoisotopic (exact) mass is 438 g/mol. The van der Waals surface area contributed by atoms with Gasteiger partial charge in [0.25, 0.3) is 5.91 Å². The first-order valence-electron chi connectivity index (χ1n) is 9.16. The van der Waals surface area contributed by atoms with E-state index in [2.05, 4.69) is 10.5 Å². The number of carbonyl (C=O) groups is 1. The van der Waals surface area contributed by atoms with Gasteiger partial charge in [-0.1, -0.05) is 0 Å². The molecular weight excluding hydrogens is 412 g/mol. The number of nitrogens with one attached hydrogen (secondary N) is 1. The molecule has 0 saturated carbocycles. The van der Waals surface area contributed by atoms with Crippen LogP contribution in [0.4, 0.5) is 0 Å². The van der Waals surface area contributed by atoms with E-state index in [1.54, 1.807) is 18.5 Å². The van der Waals surface area contributed by atoms with E-state index in [-0.39, 0.29) is 17.9 Å². The van der Waals surface area contributed by atoms with Crippen molar-refractivity contribution in [1.29, 1.82) is 0 Å². The minimum absolute atomic E-state index is 0.00949. The van der Waals surface area contributed by atoms with Crippen molar-refractivity contribution in [2.75, 3.05) is 7.11 Å². The Morgan fingerprint density at radius 1 is 1.24 bits per heavy atom. The maximum absolute atomic E-state index is 13.4. The predicted molar refractivity (Wildman–Crippen MR) is 109 cm³/mol. The molecule has 0 radical (unpaired) electrons. The van der Waals surface area contributed by atoms with Crippen molar-refractivity contribution in [3.8, 4) is 5.75 Å². The fraction of sp³-hybridized carbons (Fsp3) is 0.444. The molecule has 29 heavy (non-hydrogen) atoms. The fourth-order valence-electron chi connectivity index (χ4n) is 3.07. The Balaban J connectivity index is 1.96. The summed E-state index contributed by atoms with van der Waals surface area (Å²) in [5, 5.41) is 0. The summed E-state index contributed by atoms with van der Waals surface area (Å²) in [7, 11) is -2.64. The Bertz CT molecular complexity index is 998. The van der Waals surface area contributed by atoms with E-state index in [1.807, 2.05) is 31.3 Å². The van der Waals surface area contributed by atoms with E-state index < -0.39 is 30.3 Å². The Hall–Kier alpha value is -2.21. The van der Waals surface area contributed by atoms with Gasteiger partial charge < -0.3 is 13.8 Å². The normalized spacial score (nSPS) is 17.6. The molecular formula is C18H26N4O5SSi. The molecule has 1 atom stereocenters. The summed E-state index contributed by atoms with van der Waals surface area (Å²) in [4.78, 5) is 17.3. The Kier molecular flexibility index (Phi) is 5.85. The summed E-state index contributed by atoms with van der Waals surface area (Å²) in [6, 6.07) is 5.14. The molecule has 1 amide bonds. The zero-order valence-corrected chi connectivity index (χ0v) is 19.0. The van der Waals surface area contributed by atoms with Gasteiger partial charge in [0.1, 0.15) is 11.8 Å². The summed E-state index contributed by atoms with van der Waals surface area (Å²) >= 11 is 0. The number of hydroxylamine groups is 1. The topological polar surface area (TPSA) is 103 Å². The molecule has 3 rings (SSSR count). The lowest BCUT2D eigenvalue weighted by Gasteiger charge is -2.34. The third-order valence-electron chi connectivity index (χ3n) is 4.61. The van der Waals surface area contributed by atoms with Crippen LogP contribution in [-0.4, -0.2) is 49.7 Å². The number of methoxy groups -OCH3 is 1. The Morgan fingerprint density at radius 3 is 2.48 bits per heavy atom. The maximum Gasteiger partial charge on any atom is 0.261 e. The molecule has 9 nitrogen and oxygen atoms in total. The van der Waals surface area contributed by atoms with E-state index in [4.69, 9.17) is 9.26 Å². The van der Waals surface area contributed by atoms with Crippen LogP contribution in [0.3, 0.4) is 0 Å². The van der Waals surface area contributed by atoms with E-state index in [0.717, 1.165) is 5.69 Å². The zero-order valence-electron chi connectivity index (χ0n) is 17.2. The van der Waals surface area contributed by atoms with Crippen LogP contribution in [0.25, 0.3) is 0 Å². The smallest absolute Gasteiger partial charge is 0.261 e. The quantitative estimate of drug-likeness (QED) is 0.541. The highest BCUT2D eigenvalue weighted by Gasteiger charge is 2.41. The van der Waals surface area contributed by atoms with Crippen molar-refractivity contribution in [1.82, 2.24) is 19.3 Å². The number of sulfonamides is 1. The second-order valence-corrected chi connectivity index (χ2v) is 14.2.